The van der Waals surface area contributed by atoms with Crippen LogP contribution in [0.2, 0.25) is 0 Å². The molecule has 0 aliphatic heterocycles. The Labute approximate surface area is 112 Å². The Hall–Kier alpha value is -1.93. The van der Waals surface area contributed by atoms with Crippen molar-refractivity contribution in [2.45, 2.75) is 4.21 Å². The molecule has 2 N–H and O–H groups in total. The Balaban J connectivity index is 2.26. The summed E-state index contributed by atoms with van der Waals surface area (Å²) in [5, 5.41) is 8.74. The molecule has 2 rings (SSSR count). The molecule has 100 valence electrons. The smallest absolute Gasteiger partial charge is 0.345 e. The van der Waals surface area contributed by atoms with E-state index in [-0.39, 0.29) is 14.8 Å². The first-order valence-corrected chi connectivity index (χ1v) is 7.30. The summed E-state index contributed by atoms with van der Waals surface area (Å²) in [4.78, 5) is 10.6. The van der Waals surface area contributed by atoms with Gasteiger partial charge in [0.2, 0.25) is 0 Å². The van der Waals surface area contributed by atoms with Gasteiger partial charge in [-0.3, -0.25) is 4.72 Å². The first-order chi connectivity index (χ1) is 8.88. The Morgan fingerprint density at radius 3 is 2.32 bits per heavy atom. The van der Waals surface area contributed by atoms with Crippen LogP contribution in [0, 0.1) is 5.82 Å². The Kier molecular flexibility index (Phi) is 3.54. The summed E-state index contributed by atoms with van der Waals surface area (Å²) >= 11 is 0.646. The minimum Gasteiger partial charge on any atom is -0.477 e. The number of halogens is 1. The lowest BCUT2D eigenvalue weighted by molar-refractivity contribution is 0.0702. The van der Waals surface area contributed by atoms with E-state index in [2.05, 4.69) is 4.72 Å². The number of anilines is 1. The van der Waals surface area contributed by atoms with E-state index in [1.54, 1.807) is 0 Å². The number of thiophene rings is 1. The third-order valence-electron chi connectivity index (χ3n) is 2.15. The molecule has 0 amide bonds. The van der Waals surface area contributed by atoms with Crippen LogP contribution in [0.15, 0.2) is 40.6 Å². The highest BCUT2D eigenvalue weighted by Crippen LogP contribution is 2.24. The second-order valence-electron chi connectivity index (χ2n) is 3.54. The lowest BCUT2D eigenvalue weighted by Crippen LogP contribution is -2.11. The number of carbonyl (C=O) groups is 1. The Bertz CT molecular complexity index is 707. The van der Waals surface area contributed by atoms with E-state index in [1.165, 1.54) is 24.3 Å². The van der Waals surface area contributed by atoms with Crippen LogP contribution in [0.3, 0.4) is 0 Å². The maximum atomic E-state index is 12.7. The number of sulfonamides is 1. The van der Waals surface area contributed by atoms with Gasteiger partial charge >= 0.3 is 5.97 Å². The molecule has 1 aromatic carbocycles. The van der Waals surface area contributed by atoms with E-state index in [9.17, 15) is 17.6 Å². The molecule has 19 heavy (non-hydrogen) atoms. The summed E-state index contributed by atoms with van der Waals surface area (Å²) < 4.78 is 38.7. The number of benzene rings is 1. The molecular formula is C11H8FNO4S2. The van der Waals surface area contributed by atoms with Gasteiger partial charge in [-0.1, -0.05) is 0 Å². The fourth-order valence-corrected chi connectivity index (χ4v) is 3.51. The standard InChI is InChI=1S/C11H8FNO4S2/c12-7-1-3-8(4-2-7)13-19(16,17)10-6-5-9(18-10)11(14)15/h1-6,13H,(H,14,15). The van der Waals surface area contributed by atoms with Crippen molar-refractivity contribution in [1.82, 2.24) is 0 Å². The fraction of sp³-hybridized carbons (Fsp3) is 0. The van der Waals surface area contributed by atoms with E-state index < -0.39 is 21.8 Å². The lowest BCUT2D eigenvalue weighted by atomic mass is 10.3. The molecule has 0 saturated carbocycles. The van der Waals surface area contributed by atoms with Gasteiger partial charge in [0.25, 0.3) is 10.0 Å². The Morgan fingerprint density at radius 1 is 1.16 bits per heavy atom. The number of nitrogens with one attached hydrogen (secondary N) is 1. The van der Waals surface area contributed by atoms with Crippen molar-refractivity contribution < 1.29 is 22.7 Å². The maximum absolute atomic E-state index is 12.7. The highest BCUT2D eigenvalue weighted by molar-refractivity contribution is 7.94. The molecule has 0 radical (unpaired) electrons. The van der Waals surface area contributed by atoms with Gasteiger partial charge in [-0.25, -0.2) is 17.6 Å². The molecule has 0 bridgehead atoms. The largest absolute Gasteiger partial charge is 0.477 e. The molecule has 1 aromatic heterocycles. The second-order valence-corrected chi connectivity index (χ2v) is 6.53. The molecule has 8 heteroatoms. The van der Waals surface area contributed by atoms with Gasteiger partial charge in [0.15, 0.2) is 0 Å². The van der Waals surface area contributed by atoms with Crippen LogP contribution in [0.4, 0.5) is 10.1 Å². The quantitative estimate of drug-likeness (QED) is 0.908. The van der Waals surface area contributed by atoms with Crippen molar-refractivity contribution in [2.24, 2.45) is 0 Å². The summed E-state index contributed by atoms with van der Waals surface area (Å²) in [6.45, 7) is 0. The predicted molar refractivity (Wildman–Crippen MR) is 68.5 cm³/mol. The van der Waals surface area contributed by atoms with Gasteiger partial charge in [-0.15, -0.1) is 11.3 Å². The molecule has 1 heterocycles. The Morgan fingerprint density at radius 2 is 1.79 bits per heavy atom. The number of aromatic carboxylic acids is 1. The monoisotopic (exact) mass is 301 g/mol. The number of hydrogen-bond acceptors (Lipinski definition) is 4. The maximum Gasteiger partial charge on any atom is 0.345 e. The zero-order valence-corrected chi connectivity index (χ0v) is 11.0. The SMILES string of the molecule is O=C(O)c1ccc(S(=O)(=O)Nc2ccc(F)cc2)s1. The van der Waals surface area contributed by atoms with Crippen LogP contribution in [-0.2, 0) is 10.0 Å². The third-order valence-corrected chi connectivity index (χ3v) is 5.10. The molecule has 0 fully saturated rings. The molecule has 2 aromatic rings. The van der Waals surface area contributed by atoms with Crippen LogP contribution in [0.25, 0.3) is 0 Å². The molecule has 0 unspecified atom stereocenters. The molecule has 0 saturated heterocycles. The second kappa shape index (κ2) is 4.98. The van der Waals surface area contributed by atoms with Crippen molar-refractivity contribution in [3.8, 4) is 0 Å². The van der Waals surface area contributed by atoms with Crippen LogP contribution < -0.4 is 4.72 Å². The van der Waals surface area contributed by atoms with E-state index >= 15 is 0 Å². The number of rotatable bonds is 4. The van der Waals surface area contributed by atoms with Gasteiger partial charge in [-0.05, 0) is 36.4 Å². The first-order valence-electron chi connectivity index (χ1n) is 5.00. The normalized spacial score (nSPS) is 11.2. The average molecular weight is 301 g/mol. The van der Waals surface area contributed by atoms with E-state index in [0.717, 1.165) is 12.1 Å². The van der Waals surface area contributed by atoms with Crippen LogP contribution in [-0.4, -0.2) is 19.5 Å². The minimum absolute atomic E-state index is 0.0699. The molecule has 0 aliphatic carbocycles. The summed E-state index contributed by atoms with van der Waals surface area (Å²) in [6.07, 6.45) is 0. The fourth-order valence-electron chi connectivity index (χ4n) is 1.30. The van der Waals surface area contributed by atoms with Crippen LogP contribution in [0.1, 0.15) is 9.67 Å². The summed E-state index contributed by atoms with van der Waals surface area (Å²) in [6, 6.07) is 7.22. The van der Waals surface area contributed by atoms with Gasteiger partial charge in [-0.2, -0.15) is 0 Å². The summed E-state index contributed by atoms with van der Waals surface area (Å²) in [5.41, 5.74) is 0.201. The van der Waals surface area contributed by atoms with E-state index in [1.807, 2.05) is 0 Å². The highest BCUT2D eigenvalue weighted by Gasteiger charge is 2.19. The van der Waals surface area contributed by atoms with Crippen molar-refractivity contribution in [3.63, 3.8) is 0 Å². The van der Waals surface area contributed by atoms with Crippen molar-refractivity contribution in [3.05, 3.63) is 47.1 Å². The van der Waals surface area contributed by atoms with Crippen LogP contribution >= 0.6 is 11.3 Å². The number of carboxylic acid groups (broad SMARTS) is 1. The van der Waals surface area contributed by atoms with Gasteiger partial charge in [0, 0.05) is 5.69 Å². The number of carboxylic acids is 1. The summed E-state index contributed by atoms with van der Waals surface area (Å²) in [7, 11) is -3.86. The zero-order chi connectivity index (χ0) is 14.0. The third kappa shape index (κ3) is 3.09. The van der Waals surface area contributed by atoms with E-state index in [4.69, 9.17) is 5.11 Å². The molecule has 0 spiro atoms. The van der Waals surface area contributed by atoms with E-state index in [0.29, 0.717) is 11.3 Å². The van der Waals surface area contributed by atoms with Crippen molar-refractivity contribution in [2.75, 3.05) is 4.72 Å². The number of hydrogen-bond donors (Lipinski definition) is 2. The first kappa shape index (κ1) is 13.5. The van der Waals surface area contributed by atoms with Gasteiger partial charge < -0.3 is 5.11 Å². The van der Waals surface area contributed by atoms with Gasteiger partial charge in [0.05, 0.1) is 0 Å². The van der Waals surface area contributed by atoms with Crippen molar-refractivity contribution >= 4 is 33.0 Å². The predicted octanol–water partition coefficient (Wildman–Crippen LogP) is 2.39. The van der Waals surface area contributed by atoms with Crippen molar-refractivity contribution in [1.29, 1.82) is 0 Å². The topological polar surface area (TPSA) is 83.5 Å². The molecule has 0 aliphatic rings. The highest BCUT2D eigenvalue weighted by atomic mass is 32.2. The average Bonchev–Trinajstić information content (AvgIpc) is 2.82. The minimum atomic E-state index is -3.86. The summed E-state index contributed by atoms with van der Waals surface area (Å²) in [5.74, 6) is -1.67. The molecule has 5 nitrogen and oxygen atoms in total. The van der Waals surface area contributed by atoms with Crippen LogP contribution in [0.5, 0.6) is 0 Å². The lowest BCUT2D eigenvalue weighted by Gasteiger charge is -2.05. The molecular weight excluding hydrogens is 293 g/mol. The van der Waals surface area contributed by atoms with Gasteiger partial charge in [0.1, 0.15) is 14.9 Å². The zero-order valence-electron chi connectivity index (χ0n) is 9.33. The molecule has 0 atom stereocenters.